The molecule has 2 aromatic rings. The van der Waals surface area contributed by atoms with Gasteiger partial charge in [0.2, 0.25) is 0 Å². The molecule has 2 rings (SSSR count). The Morgan fingerprint density at radius 1 is 1.09 bits per heavy atom. The molecule has 23 heavy (non-hydrogen) atoms. The van der Waals surface area contributed by atoms with Crippen molar-refractivity contribution in [2.45, 2.75) is 18.9 Å². The quantitative estimate of drug-likeness (QED) is 0.484. The Hall–Kier alpha value is -2.66. The minimum absolute atomic E-state index is 0.0140. The molecule has 0 unspecified atom stereocenters. The summed E-state index contributed by atoms with van der Waals surface area (Å²) in [5, 5.41) is 9.35. The van der Waals surface area contributed by atoms with Crippen LogP contribution < -0.4 is 5.73 Å². The van der Waals surface area contributed by atoms with Gasteiger partial charge in [-0.2, -0.15) is 0 Å². The van der Waals surface area contributed by atoms with Gasteiger partial charge < -0.3 is 15.6 Å². The molecule has 5 heteroatoms. The van der Waals surface area contributed by atoms with Crippen molar-refractivity contribution in [2.75, 3.05) is 6.61 Å². The van der Waals surface area contributed by atoms with Crippen molar-refractivity contribution in [3.05, 3.63) is 65.7 Å². The monoisotopic (exact) mass is 313 g/mol. The highest BCUT2D eigenvalue weighted by atomic mass is 16.5. The van der Waals surface area contributed by atoms with E-state index in [-0.39, 0.29) is 18.8 Å². The first-order chi connectivity index (χ1) is 11.0. The summed E-state index contributed by atoms with van der Waals surface area (Å²) in [6.07, 6.45) is -0.0140. The smallest absolute Gasteiger partial charge is 0.334 e. The van der Waals surface area contributed by atoms with E-state index in [4.69, 9.17) is 10.5 Å². The third-order valence-corrected chi connectivity index (χ3v) is 3.50. The summed E-state index contributed by atoms with van der Waals surface area (Å²) in [7, 11) is 0. The van der Waals surface area contributed by atoms with Crippen LogP contribution in [0, 0.1) is 0 Å². The van der Waals surface area contributed by atoms with Crippen LogP contribution >= 0.6 is 0 Å². The molecule has 0 saturated carbocycles. The SMILES string of the molecule is CCOC(=O)[C@@](N)(Cc1ccc(O)cc1)C(=O)c1ccccc1. The number of carbonyl (C=O) groups is 2. The summed E-state index contributed by atoms with van der Waals surface area (Å²) in [6.45, 7) is 1.79. The van der Waals surface area contributed by atoms with E-state index in [1.807, 2.05) is 0 Å². The lowest BCUT2D eigenvalue weighted by Crippen LogP contribution is -2.57. The zero-order valence-corrected chi connectivity index (χ0v) is 12.9. The molecule has 2 aromatic carbocycles. The Balaban J connectivity index is 2.37. The highest BCUT2D eigenvalue weighted by Gasteiger charge is 2.43. The Bertz CT molecular complexity index is 682. The number of phenolic OH excluding ortho intramolecular Hbond substituents is 1. The minimum Gasteiger partial charge on any atom is -0.508 e. The van der Waals surface area contributed by atoms with E-state index in [1.165, 1.54) is 12.1 Å². The maximum atomic E-state index is 12.8. The molecular weight excluding hydrogens is 294 g/mol. The minimum atomic E-state index is -1.81. The van der Waals surface area contributed by atoms with Gasteiger partial charge in [-0.05, 0) is 24.6 Å². The molecule has 0 saturated heterocycles. The lowest BCUT2D eigenvalue weighted by molar-refractivity contribution is -0.147. The molecule has 0 aliphatic carbocycles. The first-order valence-electron chi connectivity index (χ1n) is 7.31. The molecule has 3 N–H and O–H groups in total. The number of benzene rings is 2. The van der Waals surface area contributed by atoms with Crippen molar-refractivity contribution in [2.24, 2.45) is 5.73 Å². The van der Waals surface area contributed by atoms with Crippen LogP contribution in [0.25, 0.3) is 0 Å². The third kappa shape index (κ3) is 3.76. The standard InChI is InChI=1S/C18H19NO4/c1-2-23-17(22)18(19,12-13-8-10-15(20)11-9-13)16(21)14-6-4-3-5-7-14/h3-11,20H,2,12,19H2,1H3/t18-/m1/s1. The van der Waals surface area contributed by atoms with Gasteiger partial charge >= 0.3 is 5.97 Å². The van der Waals surface area contributed by atoms with Gasteiger partial charge in [0.05, 0.1) is 6.61 Å². The number of nitrogens with two attached hydrogens (primary N) is 1. The zero-order valence-electron chi connectivity index (χ0n) is 12.9. The van der Waals surface area contributed by atoms with E-state index in [1.54, 1.807) is 49.4 Å². The molecular formula is C18H19NO4. The predicted molar refractivity (Wildman–Crippen MR) is 86.1 cm³/mol. The Morgan fingerprint density at radius 2 is 1.70 bits per heavy atom. The number of rotatable bonds is 6. The van der Waals surface area contributed by atoms with E-state index < -0.39 is 17.3 Å². The van der Waals surface area contributed by atoms with E-state index >= 15 is 0 Å². The number of Topliss-reactive ketones (excluding diaryl/α,β-unsaturated/α-hetero) is 1. The van der Waals surface area contributed by atoms with E-state index in [0.29, 0.717) is 11.1 Å². The molecule has 5 nitrogen and oxygen atoms in total. The average Bonchev–Trinajstić information content (AvgIpc) is 2.57. The largest absolute Gasteiger partial charge is 0.508 e. The van der Waals surface area contributed by atoms with Crippen LogP contribution in [0.1, 0.15) is 22.8 Å². The van der Waals surface area contributed by atoms with Crippen LogP contribution in [-0.4, -0.2) is 29.0 Å². The molecule has 0 amide bonds. The van der Waals surface area contributed by atoms with E-state index in [2.05, 4.69) is 0 Å². The summed E-state index contributed by atoms with van der Waals surface area (Å²) >= 11 is 0. The van der Waals surface area contributed by atoms with Crippen LogP contribution in [0.5, 0.6) is 5.75 Å². The van der Waals surface area contributed by atoms with Gasteiger partial charge in [0.15, 0.2) is 11.3 Å². The van der Waals surface area contributed by atoms with Crippen molar-refractivity contribution in [1.29, 1.82) is 0 Å². The molecule has 0 heterocycles. The number of ketones is 1. The summed E-state index contributed by atoms with van der Waals surface area (Å²) in [4.78, 5) is 25.1. The maximum absolute atomic E-state index is 12.8. The lowest BCUT2D eigenvalue weighted by atomic mass is 9.84. The number of esters is 1. The van der Waals surface area contributed by atoms with Gasteiger partial charge in [-0.3, -0.25) is 4.79 Å². The second-order valence-corrected chi connectivity index (χ2v) is 5.23. The fourth-order valence-electron chi connectivity index (χ4n) is 2.29. The molecule has 0 aromatic heterocycles. The highest BCUT2D eigenvalue weighted by Crippen LogP contribution is 2.20. The molecule has 0 bridgehead atoms. The van der Waals surface area contributed by atoms with E-state index in [9.17, 15) is 14.7 Å². The molecule has 120 valence electrons. The third-order valence-electron chi connectivity index (χ3n) is 3.50. The van der Waals surface area contributed by atoms with Crippen molar-refractivity contribution in [1.82, 2.24) is 0 Å². The van der Waals surface area contributed by atoms with Crippen LogP contribution in [0.15, 0.2) is 54.6 Å². The second kappa shape index (κ2) is 7.07. The summed E-state index contributed by atoms with van der Waals surface area (Å²) in [6, 6.07) is 14.6. The second-order valence-electron chi connectivity index (χ2n) is 5.23. The van der Waals surface area contributed by atoms with Crippen LogP contribution in [0.2, 0.25) is 0 Å². The molecule has 1 atom stereocenters. The number of carbonyl (C=O) groups excluding carboxylic acids is 2. The average molecular weight is 313 g/mol. The maximum Gasteiger partial charge on any atom is 0.334 e. The number of aromatic hydroxyl groups is 1. The summed E-state index contributed by atoms with van der Waals surface area (Å²) < 4.78 is 5.01. The van der Waals surface area contributed by atoms with Gasteiger partial charge in [-0.1, -0.05) is 42.5 Å². The van der Waals surface area contributed by atoms with Crippen LogP contribution in [-0.2, 0) is 16.0 Å². The lowest BCUT2D eigenvalue weighted by Gasteiger charge is -2.26. The molecule has 0 aliphatic rings. The van der Waals surface area contributed by atoms with Crippen LogP contribution in [0.3, 0.4) is 0 Å². The van der Waals surface area contributed by atoms with Gasteiger partial charge in [-0.25, -0.2) is 4.79 Å². The Labute approximate surface area is 134 Å². The van der Waals surface area contributed by atoms with Gasteiger partial charge in [0, 0.05) is 12.0 Å². The van der Waals surface area contributed by atoms with Crippen molar-refractivity contribution in [3.63, 3.8) is 0 Å². The zero-order chi connectivity index (χ0) is 16.9. The summed E-state index contributed by atoms with van der Waals surface area (Å²) in [5.41, 5.74) is 5.38. The Kier molecular flexibility index (Phi) is 5.13. The summed E-state index contributed by atoms with van der Waals surface area (Å²) in [5.74, 6) is -1.16. The van der Waals surface area contributed by atoms with Gasteiger partial charge in [0.1, 0.15) is 5.75 Å². The first kappa shape index (κ1) is 16.7. The fraction of sp³-hybridized carbons (Fsp3) is 0.222. The molecule has 0 aliphatic heterocycles. The predicted octanol–water partition coefficient (Wildman–Crippen LogP) is 2.08. The van der Waals surface area contributed by atoms with Gasteiger partial charge in [-0.15, -0.1) is 0 Å². The van der Waals surface area contributed by atoms with E-state index in [0.717, 1.165) is 0 Å². The molecule has 0 fully saturated rings. The molecule has 0 radical (unpaired) electrons. The number of phenols is 1. The fourth-order valence-corrected chi connectivity index (χ4v) is 2.29. The number of ether oxygens (including phenoxy) is 1. The topological polar surface area (TPSA) is 89.6 Å². The molecule has 0 spiro atoms. The van der Waals surface area contributed by atoms with Crippen molar-refractivity contribution in [3.8, 4) is 5.75 Å². The van der Waals surface area contributed by atoms with Crippen molar-refractivity contribution < 1.29 is 19.4 Å². The highest BCUT2D eigenvalue weighted by molar-refractivity contribution is 6.16. The first-order valence-corrected chi connectivity index (χ1v) is 7.31. The van der Waals surface area contributed by atoms with Gasteiger partial charge in [0.25, 0.3) is 0 Å². The number of hydrogen-bond acceptors (Lipinski definition) is 5. The number of hydrogen-bond donors (Lipinski definition) is 2. The van der Waals surface area contributed by atoms with Crippen LogP contribution in [0.4, 0.5) is 0 Å². The normalized spacial score (nSPS) is 13.1. The Morgan fingerprint density at radius 3 is 2.26 bits per heavy atom. The van der Waals surface area contributed by atoms with Crippen molar-refractivity contribution >= 4 is 11.8 Å².